The Balaban J connectivity index is 2.74. The second kappa shape index (κ2) is 31.9. The number of esters is 1. The first-order chi connectivity index (χ1) is 28.6. The summed E-state index contributed by atoms with van der Waals surface area (Å²) in [4.78, 5) is 51.7. The molecule has 3 amide bonds. The molecule has 0 radical (unpaired) electrons. The highest BCUT2D eigenvalue weighted by Crippen LogP contribution is 2.25. The van der Waals surface area contributed by atoms with Crippen LogP contribution in [0.3, 0.4) is 0 Å². The van der Waals surface area contributed by atoms with Crippen LogP contribution in [0, 0.1) is 0 Å². The Morgan fingerprint density at radius 2 is 1.37 bits per heavy atom. The Kier molecular flexibility index (Phi) is 29.3. The van der Waals surface area contributed by atoms with E-state index in [1.54, 1.807) is 0 Å². The molecule has 20 nitrogen and oxygen atoms in total. The molecule has 0 aromatic heterocycles. The lowest BCUT2D eigenvalue weighted by molar-refractivity contribution is -0.326. The van der Waals surface area contributed by atoms with Crippen molar-refractivity contribution in [2.45, 2.75) is 171 Å². The lowest BCUT2D eigenvalue weighted by Crippen LogP contribution is -2.62. The first-order valence-corrected chi connectivity index (χ1v) is 21.3. The van der Waals surface area contributed by atoms with Gasteiger partial charge in [0.2, 0.25) is 5.91 Å². The summed E-state index contributed by atoms with van der Waals surface area (Å²) in [5.74, 6) is -3.13. The molecule has 0 saturated carbocycles. The predicted molar refractivity (Wildman–Crippen MR) is 216 cm³/mol. The van der Waals surface area contributed by atoms with Crippen LogP contribution in [0.2, 0.25) is 0 Å². The quantitative estimate of drug-likeness (QED) is 0.0186. The van der Waals surface area contributed by atoms with Gasteiger partial charge in [0.1, 0.15) is 48.8 Å². The number of unbranched alkanes of at least 4 members (excludes halogenated alkanes) is 11. The number of carbonyl (C=O) groups excluding carboxylic acids is 4. The molecule has 0 aromatic carbocycles. The Bertz CT molecular complexity index is 1230. The molecule has 1 heterocycles. The molecule has 11 atom stereocenters. The maximum Gasteiger partial charge on any atom is 0.326 e. The number of nitrogens with two attached hydrogens (primary N) is 1. The van der Waals surface area contributed by atoms with Gasteiger partial charge in [0.25, 0.3) is 11.8 Å². The molecule has 0 spiro atoms. The van der Waals surface area contributed by atoms with E-state index in [4.69, 9.17) is 19.9 Å². The van der Waals surface area contributed by atoms with Crippen LogP contribution < -0.4 is 16.4 Å². The fraction of sp³-hybridized carbons (Fsp3) is 0.850. The lowest BCUT2D eigenvalue weighted by Gasteiger charge is -2.42. The predicted octanol–water partition coefficient (Wildman–Crippen LogP) is -2.40. The highest BCUT2D eigenvalue weighted by atomic mass is 16.7. The van der Waals surface area contributed by atoms with Crippen LogP contribution in [0.5, 0.6) is 0 Å². The molecule has 1 aliphatic rings. The van der Waals surface area contributed by atoms with E-state index in [-0.39, 0.29) is 38.5 Å². The SMILES string of the molecule is CCCCCCCC/C=C/CCCCCCCC(=O)N(CCNC(=O)COC(=O)[C@@H](N)[C@@H](C)O)CCNC(=O)C(O)C(O)C(O[C@@H]1OC(CO)[C@H](O)[C@H](O)C1O)C(O)CO. The van der Waals surface area contributed by atoms with Crippen molar-refractivity contribution < 1.29 is 79.3 Å². The molecule has 0 bridgehead atoms. The van der Waals surface area contributed by atoms with Crippen molar-refractivity contribution >= 4 is 23.7 Å². The summed E-state index contributed by atoms with van der Waals surface area (Å²) in [7, 11) is 0. The van der Waals surface area contributed by atoms with Gasteiger partial charge >= 0.3 is 5.97 Å². The Morgan fingerprint density at radius 3 is 1.93 bits per heavy atom. The molecule has 0 aromatic rings. The van der Waals surface area contributed by atoms with E-state index >= 15 is 0 Å². The van der Waals surface area contributed by atoms with E-state index in [1.807, 2.05) is 0 Å². The minimum Gasteiger partial charge on any atom is -0.454 e. The van der Waals surface area contributed by atoms with Crippen LogP contribution in [-0.4, -0.2) is 188 Å². The third kappa shape index (κ3) is 21.3. The van der Waals surface area contributed by atoms with Crippen molar-refractivity contribution in [2.24, 2.45) is 5.73 Å². The molecule has 6 unspecified atom stereocenters. The summed E-state index contributed by atoms with van der Waals surface area (Å²) < 4.78 is 15.4. The highest BCUT2D eigenvalue weighted by molar-refractivity contribution is 5.83. The zero-order chi connectivity index (χ0) is 45.0. The molecule has 1 aliphatic heterocycles. The van der Waals surface area contributed by atoms with E-state index in [0.29, 0.717) is 6.42 Å². The number of rotatable bonds is 33. The number of ether oxygens (including phenoxy) is 3. The summed E-state index contributed by atoms with van der Waals surface area (Å²) >= 11 is 0. The van der Waals surface area contributed by atoms with Gasteiger partial charge < -0.3 is 81.4 Å². The number of nitrogens with one attached hydrogen (secondary N) is 2. The number of amides is 3. The van der Waals surface area contributed by atoms with Gasteiger partial charge in [-0.2, -0.15) is 0 Å². The van der Waals surface area contributed by atoms with E-state index in [0.717, 1.165) is 38.5 Å². The monoisotopic (exact) mass is 867 g/mol. The summed E-state index contributed by atoms with van der Waals surface area (Å²) in [6, 6.07) is -1.34. The molecule has 350 valence electrons. The Hall–Kier alpha value is -2.86. The molecule has 13 N–H and O–H groups in total. The van der Waals surface area contributed by atoms with Gasteiger partial charge in [-0.15, -0.1) is 0 Å². The minimum atomic E-state index is -2.30. The number of hydrogen-bond acceptors (Lipinski definition) is 17. The van der Waals surface area contributed by atoms with Gasteiger partial charge in [0, 0.05) is 32.6 Å². The van der Waals surface area contributed by atoms with E-state index < -0.39 is 105 Å². The van der Waals surface area contributed by atoms with Gasteiger partial charge in [-0.3, -0.25) is 19.2 Å². The maximum absolute atomic E-state index is 13.3. The average molecular weight is 867 g/mol. The second-order valence-electron chi connectivity index (χ2n) is 15.2. The first kappa shape index (κ1) is 55.2. The standard InChI is InChI=1S/C40H74N4O16/c1-3-4-5-6-7-8-9-10-11-12-13-14-15-16-17-18-30(50)44(21-19-42-29(49)25-58-39(57)31(41)26(2)47)22-20-43-38(56)35(54)34(53)37(27(48)23-45)60-40-36(55)33(52)32(51)28(24-46)59-40/h10-11,26-28,31-37,40,45-48,51-55H,3-9,12-25,41H2,1-2H3,(H,42,49)(H,43,56)/b11-10+/t26-,27?,28?,31+,32+,33+,34?,35?,36?,37?,40+/m1/s1. The average Bonchev–Trinajstić information content (AvgIpc) is 3.23. The van der Waals surface area contributed by atoms with Gasteiger partial charge in [0.15, 0.2) is 19.0 Å². The molecule has 1 saturated heterocycles. The van der Waals surface area contributed by atoms with E-state index in [2.05, 4.69) is 29.7 Å². The number of carbonyl (C=O) groups is 4. The third-order valence-electron chi connectivity index (χ3n) is 10.2. The number of hydrogen-bond donors (Lipinski definition) is 12. The van der Waals surface area contributed by atoms with Crippen molar-refractivity contribution in [1.82, 2.24) is 15.5 Å². The molecular weight excluding hydrogens is 792 g/mol. The van der Waals surface area contributed by atoms with Crippen LogP contribution >= 0.6 is 0 Å². The smallest absolute Gasteiger partial charge is 0.326 e. The van der Waals surface area contributed by atoms with Crippen LogP contribution in [0.15, 0.2) is 12.2 Å². The summed E-state index contributed by atoms with van der Waals surface area (Å²) in [6.07, 6.45) is 0.219. The van der Waals surface area contributed by atoms with Crippen molar-refractivity contribution in [3.63, 3.8) is 0 Å². The minimum absolute atomic E-state index is 0.0183. The number of nitrogens with zero attached hydrogens (tertiary/aromatic N) is 1. The normalized spacial score (nSPS) is 22.4. The van der Waals surface area contributed by atoms with Gasteiger partial charge in [-0.25, -0.2) is 0 Å². The van der Waals surface area contributed by atoms with Crippen molar-refractivity contribution in [3.05, 3.63) is 12.2 Å². The molecule has 0 aliphatic carbocycles. The van der Waals surface area contributed by atoms with Gasteiger partial charge in [-0.1, -0.05) is 70.4 Å². The fourth-order valence-electron chi connectivity index (χ4n) is 6.27. The molecule has 1 rings (SSSR count). The number of allylic oxidation sites excluding steroid dienone is 2. The van der Waals surface area contributed by atoms with Crippen LogP contribution in [0.4, 0.5) is 0 Å². The first-order valence-electron chi connectivity index (χ1n) is 21.3. The van der Waals surface area contributed by atoms with E-state index in [1.165, 1.54) is 50.3 Å². The molecule has 20 heteroatoms. The number of aliphatic hydroxyl groups is 9. The fourth-order valence-corrected chi connectivity index (χ4v) is 6.27. The number of aliphatic hydroxyl groups excluding tert-OH is 9. The largest absolute Gasteiger partial charge is 0.454 e. The van der Waals surface area contributed by atoms with Crippen molar-refractivity contribution in [1.29, 1.82) is 0 Å². The second-order valence-corrected chi connectivity index (χ2v) is 15.2. The zero-order valence-electron chi connectivity index (χ0n) is 35.3. The zero-order valence-corrected chi connectivity index (χ0v) is 35.3. The van der Waals surface area contributed by atoms with Crippen LogP contribution in [0.1, 0.15) is 104 Å². The Labute approximate surface area is 353 Å². The summed E-state index contributed by atoms with van der Waals surface area (Å²) in [5.41, 5.74) is 5.51. The van der Waals surface area contributed by atoms with E-state index in [9.17, 15) is 65.1 Å². The van der Waals surface area contributed by atoms with Crippen LogP contribution in [0.25, 0.3) is 0 Å². The van der Waals surface area contributed by atoms with Crippen molar-refractivity contribution in [2.75, 3.05) is 46.0 Å². The van der Waals surface area contributed by atoms with Crippen molar-refractivity contribution in [3.8, 4) is 0 Å². The van der Waals surface area contributed by atoms with Gasteiger partial charge in [0.05, 0.1) is 19.3 Å². The summed E-state index contributed by atoms with van der Waals surface area (Å²) in [6.45, 7) is 0.533. The van der Waals surface area contributed by atoms with Gasteiger partial charge in [-0.05, 0) is 39.0 Å². The molecular formula is C40H74N4O16. The topological polar surface area (TPSA) is 331 Å². The highest BCUT2D eigenvalue weighted by Gasteiger charge is 2.47. The third-order valence-corrected chi connectivity index (χ3v) is 10.2. The maximum atomic E-state index is 13.3. The molecule has 1 fully saturated rings. The van der Waals surface area contributed by atoms with Crippen LogP contribution in [-0.2, 0) is 33.4 Å². The lowest BCUT2D eigenvalue weighted by atomic mass is 9.98. The summed E-state index contributed by atoms with van der Waals surface area (Å²) in [5, 5.41) is 95.5. The Morgan fingerprint density at radius 1 is 0.800 bits per heavy atom. The molecule has 60 heavy (non-hydrogen) atoms.